The van der Waals surface area contributed by atoms with Gasteiger partial charge in [0.25, 0.3) is 15.7 Å². The Morgan fingerprint density at radius 1 is 1.19 bits per heavy atom. The van der Waals surface area contributed by atoms with Gasteiger partial charge in [-0.2, -0.15) is 13.5 Å². The minimum atomic E-state index is -3.89. The lowest BCUT2D eigenvalue weighted by Crippen LogP contribution is -2.21. The fraction of sp³-hybridized carbons (Fsp3) is 0.278. The number of aryl methyl sites for hydroxylation is 1. The number of nitro benzene ring substituents is 1. The van der Waals surface area contributed by atoms with Crippen molar-refractivity contribution in [3.8, 4) is 0 Å². The van der Waals surface area contributed by atoms with Crippen LogP contribution in [0.1, 0.15) is 37.5 Å². The molecule has 27 heavy (non-hydrogen) atoms. The molecule has 1 N–H and O–H groups in total. The molecule has 0 bridgehead atoms. The van der Waals surface area contributed by atoms with Gasteiger partial charge in [0.1, 0.15) is 5.02 Å². The summed E-state index contributed by atoms with van der Waals surface area (Å²) in [5.41, 5.74) is 1.33. The second-order valence-corrected chi connectivity index (χ2v) is 9.09. The first-order chi connectivity index (χ1) is 12.4. The molecule has 0 heterocycles. The Morgan fingerprint density at radius 3 is 2.44 bits per heavy atom. The Morgan fingerprint density at radius 2 is 1.85 bits per heavy atom. The lowest BCUT2D eigenvalue weighted by molar-refractivity contribution is -0.384. The SMILES string of the molecule is Cc1ccc(C(C)(C)C)cc1S(=O)(=O)N/N=C/c1ccc(Cl)c([N+](=O)[O-])c1. The van der Waals surface area contributed by atoms with E-state index in [2.05, 4.69) is 9.93 Å². The molecule has 0 saturated carbocycles. The summed E-state index contributed by atoms with van der Waals surface area (Å²) in [4.78, 5) is 12.6. The maximum Gasteiger partial charge on any atom is 0.288 e. The monoisotopic (exact) mass is 409 g/mol. The third-order valence-electron chi connectivity index (χ3n) is 3.90. The van der Waals surface area contributed by atoms with Crippen molar-refractivity contribution in [1.82, 2.24) is 4.83 Å². The lowest BCUT2D eigenvalue weighted by atomic mass is 9.87. The van der Waals surface area contributed by atoms with Crippen LogP contribution in [0.4, 0.5) is 5.69 Å². The molecule has 9 heteroatoms. The van der Waals surface area contributed by atoms with Gasteiger partial charge in [0.05, 0.1) is 16.0 Å². The third kappa shape index (κ3) is 5.05. The van der Waals surface area contributed by atoms with Crippen molar-refractivity contribution >= 4 is 33.5 Å². The van der Waals surface area contributed by atoms with Crippen LogP contribution < -0.4 is 4.83 Å². The summed E-state index contributed by atoms with van der Waals surface area (Å²) in [6.45, 7) is 7.68. The van der Waals surface area contributed by atoms with Gasteiger partial charge in [0, 0.05) is 11.6 Å². The quantitative estimate of drug-likeness (QED) is 0.454. The second-order valence-electron chi connectivity index (χ2n) is 7.05. The Balaban J connectivity index is 2.29. The van der Waals surface area contributed by atoms with Crippen molar-refractivity contribution in [3.63, 3.8) is 0 Å². The summed E-state index contributed by atoms with van der Waals surface area (Å²) in [6, 6.07) is 9.34. The molecule has 144 valence electrons. The van der Waals surface area contributed by atoms with Crippen molar-refractivity contribution in [2.45, 2.75) is 38.0 Å². The minimum Gasteiger partial charge on any atom is -0.258 e. The van der Waals surface area contributed by atoms with Crippen LogP contribution in [-0.2, 0) is 15.4 Å². The first-order valence-corrected chi connectivity index (χ1v) is 9.88. The Bertz CT molecular complexity index is 1010. The number of rotatable bonds is 5. The number of hydrogen-bond donors (Lipinski definition) is 1. The maximum atomic E-state index is 12.6. The highest BCUT2D eigenvalue weighted by Gasteiger charge is 2.21. The van der Waals surface area contributed by atoms with Gasteiger partial charge < -0.3 is 0 Å². The summed E-state index contributed by atoms with van der Waals surface area (Å²) in [5.74, 6) is 0. The molecule has 0 aliphatic rings. The molecule has 0 aliphatic heterocycles. The second kappa shape index (κ2) is 7.66. The van der Waals surface area contributed by atoms with E-state index >= 15 is 0 Å². The van der Waals surface area contributed by atoms with Gasteiger partial charge in [-0.15, -0.1) is 0 Å². The lowest BCUT2D eigenvalue weighted by Gasteiger charge is -2.20. The number of nitro groups is 1. The maximum absolute atomic E-state index is 12.6. The van der Waals surface area contributed by atoms with Crippen LogP contribution in [0.2, 0.25) is 5.02 Å². The number of nitrogens with one attached hydrogen (secondary N) is 1. The Hall–Kier alpha value is -2.45. The molecule has 0 radical (unpaired) electrons. The van der Waals surface area contributed by atoms with E-state index in [0.717, 1.165) is 5.56 Å². The highest BCUT2D eigenvalue weighted by atomic mass is 35.5. The van der Waals surface area contributed by atoms with E-state index in [1.165, 1.54) is 24.4 Å². The van der Waals surface area contributed by atoms with Gasteiger partial charge >= 0.3 is 0 Å². The van der Waals surface area contributed by atoms with Gasteiger partial charge in [-0.1, -0.05) is 50.6 Å². The molecule has 0 fully saturated rings. The van der Waals surface area contributed by atoms with Gasteiger partial charge in [-0.05, 0) is 35.6 Å². The molecule has 0 spiro atoms. The molecule has 0 amide bonds. The van der Waals surface area contributed by atoms with Crippen LogP contribution in [-0.4, -0.2) is 19.6 Å². The highest BCUT2D eigenvalue weighted by molar-refractivity contribution is 7.89. The van der Waals surface area contributed by atoms with Crippen LogP contribution >= 0.6 is 11.6 Å². The summed E-state index contributed by atoms with van der Waals surface area (Å²) < 4.78 is 25.2. The number of nitrogens with zero attached hydrogens (tertiary/aromatic N) is 2. The molecule has 0 saturated heterocycles. The van der Waals surface area contributed by atoms with Crippen LogP contribution in [0.5, 0.6) is 0 Å². The molecule has 2 aromatic carbocycles. The topological polar surface area (TPSA) is 102 Å². The van der Waals surface area contributed by atoms with Crippen molar-refractivity contribution < 1.29 is 13.3 Å². The van der Waals surface area contributed by atoms with Gasteiger partial charge in [-0.25, -0.2) is 4.83 Å². The molecular formula is C18H20ClN3O4S. The zero-order valence-corrected chi connectivity index (χ0v) is 16.9. The average molecular weight is 410 g/mol. The van der Waals surface area contributed by atoms with E-state index in [4.69, 9.17) is 11.6 Å². The van der Waals surface area contributed by atoms with Crippen molar-refractivity contribution in [2.24, 2.45) is 5.10 Å². The largest absolute Gasteiger partial charge is 0.288 e. The van der Waals surface area contributed by atoms with Crippen molar-refractivity contribution in [1.29, 1.82) is 0 Å². The molecule has 0 aromatic heterocycles. The van der Waals surface area contributed by atoms with Crippen LogP contribution in [0.3, 0.4) is 0 Å². The smallest absolute Gasteiger partial charge is 0.258 e. The van der Waals surface area contributed by atoms with Crippen molar-refractivity contribution in [2.75, 3.05) is 0 Å². The molecule has 0 atom stereocenters. The molecular weight excluding hydrogens is 390 g/mol. The van der Waals surface area contributed by atoms with Gasteiger partial charge in [0.2, 0.25) is 0 Å². The van der Waals surface area contributed by atoms with Crippen LogP contribution in [0, 0.1) is 17.0 Å². The summed E-state index contributed by atoms with van der Waals surface area (Å²) >= 11 is 5.75. The molecule has 2 rings (SSSR count). The van der Waals surface area contributed by atoms with Crippen LogP contribution in [0.25, 0.3) is 0 Å². The van der Waals surface area contributed by atoms with E-state index in [9.17, 15) is 18.5 Å². The summed E-state index contributed by atoms with van der Waals surface area (Å²) in [5, 5.41) is 14.6. The molecule has 7 nitrogen and oxygen atoms in total. The zero-order valence-electron chi connectivity index (χ0n) is 15.4. The predicted molar refractivity (Wildman–Crippen MR) is 106 cm³/mol. The van der Waals surface area contributed by atoms with E-state index in [-0.39, 0.29) is 21.0 Å². The fourth-order valence-electron chi connectivity index (χ4n) is 2.33. The Labute approximate surface area is 163 Å². The first kappa shape index (κ1) is 20.9. The normalized spacial score (nSPS) is 12.3. The average Bonchev–Trinajstić information content (AvgIpc) is 2.55. The van der Waals surface area contributed by atoms with E-state index < -0.39 is 14.9 Å². The zero-order chi connectivity index (χ0) is 20.4. The highest BCUT2D eigenvalue weighted by Crippen LogP contribution is 2.27. The van der Waals surface area contributed by atoms with E-state index in [1.807, 2.05) is 26.8 Å². The fourth-order valence-corrected chi connectivity index (χ4v) is 3.58. The van der Waals surface area contributed by atoms with Gasteiger partial charge in [0.15, 0.2) is 0 Å². The molecule has 0 aliphatic carbocycles. The summed E-state index contributed by atoms with van der Waals surface area (Å²) in [6.07, 6.45) is 1.18. The van der Waals surface area contributed by atoms with E-state index in [0.29, 0.717) is 11.1 Å². The number of hydrogen-bond acceptors (Lipinski definition) is 5. The molecule has 0 unspecified atom stereocenters. The third-order valence-corrected chi connectivity index (χ3v) is 5.58. The number of hydrazone groups is 1. The standard InChI is InChI=1S/C18H20ClN3O4S/c1-12-5-7-14(18(2,3)4)10-17(12)27(25,26)21-20-11-13-6-8-15(19)16(9-13)22(23)24/h5-11,21H,1-4H3/b20-11+. The van der Waals surface area contributed by atoms with Gasteiger partial charge in [-0.3, -0.25) is 10.1 Å². The number of sulfonamides is 1. The number of benzene rings is 2. The Kier molecular flexibility index (Phi) is 5.91. The van der Waals surface area contributed by atoms with Crippen LogP contribution in [0.15, 0.2) is 46.4 Å². The predicted octanol–water partition coefficient (Wildman–Crippen LogP) is 4.17. The first-order valence-electron chi connectivity index (χ1n) is 8.02. The van der Waals surface area contributed by atoms with Crippen molar-refractivity contribution in [3.05, 3.63) is 68.2 Å². The molecule has 2 aromatic rings. The number of halogens is 1. The van der Waals surface area contributed by atoms with E-state index in [1.54, 1.807) is 19.1 Å². The summed E-state index contributed by atoms with van der Waals surface area (Å²) in [7, 11) is -3.89. The minimum absolute atomic E-state index is 0.00708.